The van der Waals surface area contributed by atoms with Crippen LogP contribution in [0, 0.1) is 12.8 Å². The molecule has 3 aromatic heterocycles. The molecule has 1 saturated carbocycles. The molecular weight excluding hydrogens is 296 g/mol. The highest BCUT2D eigenvalue weighted by Gasteiger charge is 2.30. The minimum absolute atomic E-state index is 0.0130. The minimum Gasteiger partial charge on any atom is -0.460 e. The number of amides is 1. The molecule has 0 spiro atoms. The summed E-state index contributed by atoms with van der Waals surface area (Å²) in [5.41, 5.74) is 1.64. The Labute approximate surface area is 132 Å². The molecule has 1 fully saturated rings. The Kier molecular flexibility index (Phi) is 3.16. The molecule has 4 rings (SSSR count). The van der Waals surface area contributed by atoms with Gasteiger partial charge in [0.2, 0.25) is 5.91 Å². The van der Waals surface area contributed by atoms with Gasteiger partial charge in [-0.1, -0.05) is 0 Å². The predicted octanol–water partition coefficient (Wildman–Crippen LogP) is 2.14. The van der Waals surface area contributed by atoms with Crippen LogP contribution in [0.2, 0.25) is 0 Å². The van der Waals surface area contributed by atoms with E-state index in [0.29, 0.717) is 28.6 Å². The molecule has 7 heteroatoms. The number of nitrogens with one attached hydrogen (secondary N) is 1. The lowest BCUT2D eigenvalue weighted by Crippen LogP contribution is -2.15. The fraction of sp³-hybridized carbons (Fsp3) is 0.312. The van der Waals surface area contributed by atoms with Crippen LogP contribution in [0.5, 0.6) is 0 Å². The van der Waals surface area contributed by atoms with Crippen LogP contribution in [0.15, 0.2) is 28.9 Å². The number of aromatic nitrogens is 3. The van der Waals surface area contributed by atoms with Gasteiger partial charge in [0.25, 0.3) is 0 Å². The van der Waals surface area contributed by atoms with Crippen molar-refractivity contribution in [2.75, 3.05) is 5.32 Å². The maximum Gasteiger partial charge on any atom is 0.228 e. The van der Waals surface area contributed by atoms with Crippen molar-refractivity contribution in [3.05, 3.63) is 36.0 Å². The third-order valence-electron chi connectivity index (χ3n) is 3.82. The predicted molar refractivity (Wildman–Crippen MR) is 82.7 cm³/mol. The summed E-state index contributed by atoms with van der Waals surface area (Å²) in [7, 11) is 0. The number of fused-ring (bicyclic) bond motifs is 1. The first-order chi connectivity index (χ1) is 11.1. The Morgan fingerprint density at radius 1 is 1.39 bits per heavy atom. The van der Waals surface area contributed by atoms with Crippen molar-refractivity contribution in [3.8, 4) is 11.5 Å². The molecular formula is C16H16N4O3. The van der Waals surface area contributed by atoms with Crippen molar-refractivity contribution < 1.29 is 14.3 Å². The Hall–Kier alpha value is -2.67. The molecule has 1 amide bonds. The number of furan rings is 1. The van der Waals surface area contributed by atoms with E-state index in [1.165, 1.54) is 0 Å². The lowest BCUT2D eigenvalue weighted by molar-refractivity contribution is -0.117. The summed E-state index contributed by atoms with van der Waals surface area (Å²) in [6.07, 6.45) is 5.26. The van der Waals surface area contributed by atoms with Crippen LogP contribution in [0.3, 0.4) is 0 Å². The van der Waals surface area contributed by atoms with Crippen LogP contribution in [0.25, 0.3) is 17.1 Å². The fourth-order valence-electron chi connectivity index (χ4n) is 2.49. The van der Waals surface area contributed by atoms with E-state index in [1.807, 2.05) is 19.1 Å². The lowest BCUT2D eigenvalue weighted by Gasteiger charge is -2.07. The van der Waals surface area contributed by atoms with Gasteiger partial charge in [-0.3, -0.25) is 4.79 Å². The first-order valence-corrected chi connectivity index (χ1v) is 7.51. The second-order valence-corrected chi connectivity index (χ2v) is 5.77. The number of rotatable bonds is 4. The molecule has 3 aromatic rings. The number of aliphatic hydroxyl groups is 1. The molecule has 0 atom stereocenters. The summed E-state index contributed by atoms with van der Waals surface area (Å²) in [4.78, 5) is 20.8. The summed E-state index contributed by atoms with van der Waals surface area (Å²) in [6, 6.07) is 3.66. The van der Waals surface area contributed by atoms with E-state index < -0.39 is 0 Å². The molecule has 3 heterocycles. The average molecular weight is 312 g/mol. The standard InChI is InChI=1S/C16H16N4O3/c1-9-2-5-12(23-9)14-15-17-11(8-21)6-20(15)7-13(18-14)19-16(22)10-3-4-10/h2,5-7,10,21H,3-4,8H2,1H3,(H,19,22). The van der Waals surface area contributed by atoms with Crippen LogP contribution < -0.4 is 5.32 Å². The van der Waals surface area contributed by atoms with Crippen LogP contribution >= 0.6 is 0 Å². The van der Waals surface area contributed by atoms with E-state index >= 15 is 0 Å². The summed E-state index contributed by atoms with van der Waals surface area (Å²) < 4.78 is 7.39. The van der Waals surface area contributed by atoms with Gasteiger partial charge in [0.1, 0.15) is 11.6 Å². The Morgan fingerprint density at radius 3 is 2.87 bits per heavy atom. The molecule has 1 aliphatic rings. The Bertz CT molecular complexity index is 892. The topological polar surface area (TPSA) is 92.7 Å². The van der Waals surface area contributed by atoms with Crippen LogP contribution in [0.1, 0.15) is 24.3 Å². The van der Waals surface area contributed by atoms with Gasteiger partial charge >= 0.3 is 0 Å². The zero-order chi connectivity index (χ0) is 16.0. The van der Waals surface area contributed by atoms with E-state index in [9.17, 15) is 9.90 Å². The molecule has 118 valence electrons. The van der Waals surface area contributed by atoms with E-state index in [2.05, 4.69) is 15.3 Å². The van der Waals surface area contributed by atoms with Gasteiger partial charge in [-0.25, -0.2) is 9.97 Å². The smallest absolute Gasteiger partial charge is 0.228 e. The largest absolute Gasteiger partial charge is 0.460 e. The van der Waals surface area contributed by atoms with Crippen molar-refractivity contribution in [2.24, 2.45) is 5.92 Å². The number of nitrogens with zero attached hydrogens (tertiary/aromatic N) is 3. The van der Waals surface area contributed by atoms with Gasteiger partial charge in [0, 0.05) is 12.1 Å². The summed E-state index contributed by atoms with van der Waals surface area (Å²) in [5.74, 6) is 1.87. The van der Waals surface area contributed by atoms with Crippen LogP contribution in [-0.2, 0) is 11.4 Å². The number of carbonyl (C=O) groups is 1. The SMILES string of the molecule is Cc1ccc(-c2nc(NC(=O)C3CC3)cn3cc(CO)nc23)o1. The van der Waals surface area contributed by atoms with Gasteiger partial charge in [-0.15, -0.1) is 0 Å². The molecule has 0 aliphatic heterocycles. The minimum atomic E-state index is -0.165. The third-order valence-corrected chi connectivity index (χ3v) is 3.82. The number of imidazole rings is 1. The number of hydrogen-bond donors (Lipinski definition) is 2. The van der Waals surface area contributed by atoms with Gasteiger partial charge in [0.05, 0.1) is 18.5 Å². The highest BCUT2D eigenvalue weighted by molar-refractivity contribution is 5.93. The molecule has 1 aliphatic carbocycles. The number of aliphatic hydroxyl groups excluding tert-OH is 1. The highest BCUT2D eigenvalue weighted by atomic mass is 16.3. The molecule has 0 bridgehead atoms. The van der Waals surface area contributed by atoms with E-state index in [0.717, 1.165) is 18.6 Å². The molecule has 0 unspecified atom stereocenters. The number of hydrogen-bond acceptors (Lipinski definition) is 5. The van der Waals surface area contributed by atoms with Crippen molar-refractivity contribution >= 4 is 17.4 Å². The zero-order valence-corrected chi connectivity index (χ0v) is 12.6. The van der Waals surface area contributed by atoms with E-state index in [-0.39, 0.29) is 18.4 Å². The highest BCUT2D eigenvalue weighted by Crippen LogP contribution is 2.31. The number of aryl methyl sites for hydroxylation is 1. The average Bonchev–Trinajstić information content (AvgIpc) is 3.17. The van der Waals surface area contributed by atoms with Gasteiger partial charge in [0.15, 0.2) is 17.1 Å². The third kappa shape index (κ3) is 2.59. The fourth-order valence-corrected chi connectivity index (χ4v) is 2.49. The van der Waals surface area contributed by atoms with Crippen molar-refractivity contribution in [1.29, 1.82) is 0 Å². The quantitative estimate of drug-likeness (QED) is 0.770. The number of anilines is 1. The summed E-state index contributed by atoms with van der Waals surface area (Å²) in [5, 5.41) is 12.1. The van der Waals surface area contributed by atoms with Gasteiger partial charge in [-0.05, 0) is 31.9 Å². The second-order valence-electron chi connectivity index (χ2n) is 5.77. The Morgan fingerprint density at radius 2 is 2.22 bits per heavy atom. The van der Waals surface area contributed by atoms with Gasteiger partial charge in [-0.2, -0.15) is 0 Å². The van der Waals surface area contributed by atoms with E-state index in [4.69, 9.17) is 4.42 Å². The van der Waals surface area contributed by atoms with Crippen LogP contribution in [0.4, 0.5) is 5.82 Å². The van der Waals surface area contributed by atoms with Crippen molar-refractivity contribution in [2.45, 2.75) is 26.4 Å². The second kappa shape index (κ2) is 5.20. The maximum absolute atomic E-state index is 12.0. The monoisotopic (exact) mass is 312 g/mol. The summed E-state index contributed by atoms with van der Waals surface area (Å²) in [6.45, 7) is 1.69. The van der Waals surface area contributed by atoms with Crippen molar-refractivity contribution in [1.82, 2.24) is 14.4 Å². The molecule has 2 N–H and O–H groups in total. The summed E-state index contributed by atoms with van der Waals surface area (Å²) >= 11 is 0. The first-order valence-electron chi connectivity index (χ1n) is 7.51. The van der Waals surface area contributed by atoms with Crippen molar-refractivity contribution in [3.63, 3.8) is 0 Å². The Balaban J connectivity index is 1.83. The molecule has 0 saturated heterocycles. The first kappa shape index (κ1) is 14.0. The van der Waals surface area contributed by atoms with Crippen LogP contribution in [-0.4, -0.2) is 25.4 Å². The van der Waals surface area contributed by atoms with E-state index in [1.54, 1.807) is 16.8 Å². The molecule has 0 aromatic carbocycles. The van der Waals surface area contributed by atoms with Gasteiger partial charge < -0.3 is 19.2 Å². The maximum atomic E-state index is 12.0. The number of carbonyl (C=O) groups excluding carboxylic acids is 1. The molecule has 0 radical (unpaired) electrons. The molecule has 7 nitrogen and oxygen atoms in total. The molecule has 23 heavy (non-hydrogen) atoms. The normalized spacial score (nSPS) is 14.3. The zero-order valence-electron chi connectivity index (χ0n) is 12.6. The lowest BCUT2D eigenvalue weighted by atomic mass is 10.3.